The summed E-state index contributed by atoms with van der Waals surface area (Å²) in [6.45, 7) is 3.27. The number of phenols is 1. The van der Waals surface area contributed by atoms with E-state index in [1.165, 1.54) is 24.3 Å². The Morgan fingerprint density at radius 2 is 1.14 bits per heavy atom. The zero-order chi connectivity index (χ0) is 32.0. The van der Waals surface area contributed by atoms with Gasteiger partial charge in [0.05, 0.1) is 0 Å². The number of hydrogen-bond acceptors (Lipinski definition) is 8. The molecule has 9 N–H and O–H groups in total. The lowest BCUT2D eigenvalue weighted by Crippen LogP contribution is -2.58. The maximum Gasteiger partial charge on any atom is 0.405 e. The molecule has 232 valence electrons. The summed E-state index contributed by atoms with van der Waals surface area (Å²) >= 11 is 0. The Balaban J connectivity index is 3.21. The normalized spacial score (nSPS) is 14.2. The number of carboxylic acids is 3. The van der Waals surface area contributed by atoms with Crippen LogP contribution >= 0.6 is 0 Å². The van der Waals surface area contributed by atoms with Crippen LogP contribution in [0.25, 0.3) is 0 Å². The van der Waals surface area contributed by atoms with Gasteiger partial charge in [-0.25, -0.2) is 9.59 Å². The van der Waals surface area contributed by atoms with Crippen molar-refractivity contribution in [2.45, 2.75) is 76.5 Å². The molecule has 1 aromatic rings. The van der Waals surface area contributed by atoms with Gasteiger partial charge in [-0.15, -0.1) is 0 Å². The van der Waals surface area contributed by atoms with Crippen molar-refractivity contribution in [2.75, 3.05) is 0 Å². The van der Waals surface area contributed by atoms with Crippen molar-refractivity contribution in [3.8, 4) is 5.75 Å². The number of carbonyl (C=O) groups is 7. The molecule has 0 heterocycles. The van der Waals surface area contributed by atoms with Crippen LogP contribution in [0, 0.1) is 5.92 Å². The number of carbonyl (C=O) groups excluding carboxylic acids is 3. The van der Waals surface area contributed by atoms with E-state index in [1.807, 2.05) is 5.32 Å². The van der Waals surface area contributed by atoms with Crippen LogP contribution in [0.4, 0.5) is 4.79 Å². The van der Waals surface area contributed by atoms with Crippen LogP contribution in [0.3, 0.4) is 0 Å². The van der Waals surface area contributed by atoms with Gasteiger partial charge in [0.1, 0.15) is 29.9 Å². The van der Waals surface area contributed by atoms with Crippen LogP contribution in [-0.4, -0.2) is 91.4 Å². The minimum absolute atomic E-state index is 0.0725. The van der Waals surface area contributed by atoms with E-state index >= 15 is 0 Å². The quantitative estimate of drug-likeness (QED) is 0.107. The molecule has 0 aliphatic carbocycles. The van der Waals surface area contributed by atoms with Crippen molar-refractivity contribution in [2.24, 2.45) is 5.92 Å². The molecule has 0 aromatic heterocycles. The molecule has 0 aliphatic heterocycles. The van der Waals surface area contributed by atoms with E-state index in [0.717, 1.165) is 0 Å². The van der Waals surface area contributed by atoms with Crippen LogP contribution in [-0.2, 0) is 35.2 Å². The Morgan fingerprint density at radius 3 is 1.55 bits per heavy atom. The van der Waals surface area contributed by atoms with E-state index in [4.69, 9.17) is 10.2 Å². The molecule has 0 spiro atoms. The molecule has 42 heavy (non-hydrogen) atoms. The summed E-state index contributed by atoms with van der Waals surface area (Å²) in [5.41, 5.74) is 0.438. The average molecular weight is 597 g/mol. The lowest BCUT2D eigenvalue weighted by molar-refractivity contribution is -0.144. The summed E-state index contributed by atoms with van der Waals surface area (Å²) in [6.07, 6.45) is -3.55. The van der Waals surface area contributed by atoms with Gasteiger partial charge in [0.25, 0.3) is 0 Å². The minimum Gasteiger partial charge on any atom is -0.508 e. The van der Waals surface area contributed by atoms with Gasteiger partial charge in [-0.3, -0.25) is 24.0 Å². The highest BCUT2D eigenvalue weighted by molar-refractivity contribution is 5.95. The standard InChI is InChI=1S/C26H36N4O12/c1-3-13(2)21(25(39)40)30-23(37)17(9-11-20(34)35)27-22(36)16(8-10-19(32)33)28-24(38)18(29-26(41)42)12-14-4-6-15(31)7-5-14/h4-7,13,16-18,21,29,31H,3,8-12H2,1-2H3,(H,27,36)(H,28,38)(H,30,37)(H,32,33)(H,34,35)(H,39,40)(H,41,42)/t13-,16-,17-,18-,21-/m0/s1. The summed E-state index contributed by atoms with van der Waals surface area (Å²) in [7, 11) is 0. The van der Waals surface area contributed by atoms with Crippen LogP contribution < -0.4 is 21.3 Å². The summed E-state index contributed by atoms with van der Waals surface area (Å²) in [6, 6.07) is -0.474. The molecular formula is C26H36N4O12. The highest BCUT2D eigenvalue weighted by Crippen LogP contribution is 2.13. The average Bonchev–Trinajstić information content (AvgIpc) is 2.91. The molecule has 4 amide bonds. The first-order valence-corrected chi connectivity index (χ1v) is 13.0. The van der Waals surface area contributed by atoms with Gasteiger partial charge in [0, 0.05) is 19.3 Å². The smallest absolute Gasteiger partial charge is 0.405 e. The first-order valence-electron chi connectivity index (χ1n) is 13.0. The summed E-state index contributed by atoms with van der Waals surface area (Å²) in [5.74, 6) is -7.67. The van der Waals surface area contributed by atoms with Crippen molar-refractivity contribution in [3.05, 3.63) is 29.8 Å². The first kappa shape index (κ1) is 35.1. The molecule has 16 nitrogen and oxygen atoms in total. The summed E-state index contributed by atoms with van der Waals surface area (Å²) in [4.78, 5) is 84.5. The number of phenolic OH excluding ortho intramolecular Hbond substituents is 1. The van der Waals surface area contributed by atoms with Crippen molar-refractivity contribution >= 4 is 41.7 Å². The first-order chi connectivity index (χ1) is 19.6. The zero-order valence-corrected chi connectivity index (χ0v) is 23.0. The topological polar surface area (TPSA) is 269 Å². The third-order valence-electron chi connectivity index (χ3n) is 6.33. The van der Waals surface area contributed by atoms with E-state index in [-0.39, 0.29) is 12.2 Å². The Morgan fingerprint density at radius 1 is 0.690 bits per heavy atom. The van der Waals surface area contributed by atoms with Crippen LogP contribution in [0.5, 0.6) is 5.75 Å². The molecule has 0 saturated carbocycles. The Bertz CT molecular complexity index is 1140. The van der Waals surface area contributed by atoms with E-state index in [0.29, 0.717) is 12.0 Å². The second-order valence-corrected chi connectivity index (χ2v) is 9.57. The lowest BCUT2D eigenvalue weighted by Gasteiger charge is -2.26. The van der Waals surface area contributed by atoms with Crippen LogP contribution in [0.15, 0.2) is 24.3 Å². The summed E-state index contributed by atoms with van der Waals surface area (Å²) in [5, 5.41) is 55.2. The summed E-state index contributed by atoms with van der Waals surface area (Å²) < 4.78 is 0. The van der Waals surface area contributed by atoms with Gasteiger partial charge in [-0.2, -0.15) is 0 Å². The number of amides is 4. The molecule has 0 fully saturated rings. The maximum atomic E-state index is 13.2. The lowest BCUT2D eigenvalue weighted by atomic mass is 9.98. The number of benzene rings is 1. The van der Waals surface area contributed by atoms with Gasteiger partial charge in [0.15, 0.2) is 0 Å². The fourth-order valence-electron chi connectivity index (χ4n) is 3.78. The number of carboxylic acid groups (broad SMARTS) is 4. The number of rotatable bonds is 18. The third-order valence-corrected chi connectivity index (χ3v) is 6.33. The molecule has 0 radical (unpaired) electrons. The zero-order valence-electron chi connectivity index (χ0n) is 23.0. The van der Waals surface area contributed by atoms with Gasteiger partial charge in [0.2, 0.25) is 17.7 Å². The van der Waals surface area contributed by atoms with Gasteiger partial charge in [-0.05, 0) is 36.5 Å². The van der Waals surface area contributed by atoms with E-state index < -0.39 is 97.5 Å². The fraction of sp³-hybridized carbons (Fsp3) is 0.500. The van der Waals surface area contributed by atoms with Gasteiger partial charge < -0.3 is 46.8 Å². The second kappa shape index (κ2) is 17.0. The third kappa shape index (κ3) is 12.5. The number of hydrogen-bond donors (Lipinski definition) is 9. The highest BCUT2D eigenvalue weighted by Gasteiger charge is 2.33. The molecule has 1 rings (SSSR count). The fourth-order valence-corrected chi connectivity index (χ4v) is 3.78. The molecule has 16 heteroatoms. The van der Waals surface area contributed by atoms with Gasteiger partial charge >= 0.3 is 24.0 Å². The monoisotopic (exact) mass is 596 g/mol. The predicted octanol–water partition coefficient (Wildman–Crippen LogP) is -0.114. The molecule has 5 atom stereocenters. The number of aliphatic carboxylic acids is 3. The van der Waals surface area contributed by atoms with Crippen molar-refractivity contribution in [3.63, 3.8) is 0 Å². The Labute approximate surface area is 240 Å². The molecule has 1 aromatic carbocycles. The van der Waals surface area contributed by atoms with E-state index in [9.17, 15) is 48.9 Å². The Kier molecular flexibility index (Phi) is 14.3. The van der Waals surface area contributed by atoms with Gasteiger partial charge in [-0.1, -0.05) is 32.4 Å². The van der Waals surface area contributed by atoms with E-state index in [2.05, 4.69) is 16.0 Å². The predicted molar refractivity (Wildman–Crippen MR) is 143 cm³/mol. The molecular weight excluding hydrogens is 560 g/mol. The maximum absolute atomic E-state index is 13.2. The Hall–Kier alpha value is -4.89. The van der Waals surface area contributed by atoms with E-state index in [1.54, 1.807) is 13.8 Å². The van der Waals surface area contributed by atoms with Crippen LogP contribution in [0.1, 0.15) is 51.5 Å². The highest BCUT2D eigenvalue weighted by atomic mass is 16.4. The molecule has 0 saturated heterocycles. The molecule has 0 aliphatic rings. The number of aromatic hydroxyl groups is 1. The largest absolute Gasteiger partial charge is 0.508 e. The number of nitrogens with one attached hydrogen (secondary N) is 4. The molecule has 0 bridgehead atoms. The van der Waals surface area contributed by atoms with Crippen molar-refractivity contribution in [1.29, 1.82) is 0 Å². The van der Waals surface area contributed by atoms with Crippen molar-refractivity contribution < 1.29 is 59.1 Å². The van der Waals surface area contributed by atoms with Crippen LogP contribution in [0.2, 0.25) is 0 Å². The second-order valence-electron chi connectivity index (χ2n) is 9.57. The minimum atomic E-state index is -1.60. The van der Waals surface area contributed by atoms with Crippen molar-refractivity contribution in [1.82, 2.24) is 21.3 Å². The SMILES string of the molecule is CC[C@H](C)[C@H](NC(=O)[C@H](CCC(=O)O)NC(=O)[C@H](CCC(=O)O)NC(=O)[C@H](Cc1ccc(O)cc1)NC(=O)O)C(=O)O. The molecule has 0 unspecified atom stereocenters.